The highest BCUT2D eigenvalue weighted by atomic mass is 16.6. The molecule has 45 heavy (non-hydrogen) atoms. The molecule has 0 amide bonds. The third-order valence-corrected chi connectivity index (χ3v) is 8.81. The van der Waals surface area contributed by atoms with Gasteiger partial charge in [-0.25, -0.2) is 0 Å². The van der Waals surface area contributed by atoms with Crippen LogP contribution in [0.25, 0.3) is 11.1 Å². The molecule has 2 aliphatic heterocycles. The predicted molar refractivity (Wildman–Crippen MR) is 173 cm³/mol. The molecule has 0 unspecified atom stereocenters. The molecule has 9 rings (SSSR count). The van der Waals surface area contributed by atoms with Gasteiger partial charge in [-0.2, -0.15) is 0 Å². The summed E-state index contributed by atoms with van der Waals surface area (Å²) in [5.74, 6) is 10.3. The summed E-state index contributed by atoms with van der Waals surface area (Å²) in [5, 5.41) is 0. The van der Waals surface area contributed by atoms with E-state index in [0.29, 0.717) is 46.0 Å². The lowest BCUT2D eigenvalue weighted by molar-refractivity contribution is 0.357. The number of terminal acetylenes is 2. The molecule has 0 N–H and O–H groups in total. The van der Waals surface area contributed by atoms with Gasteiger partial charge in [-0.3, -0.25) is 0 Å². The number of benzene rings is 6. The van der Waals surface area contributed by atoms with Gasteiger partial charge in [0.2, 0.25) is 0 Å². The van der Waals surface area contributed by atoms with Gasteiger partial charge in [0.1, 0.15) is 0 Å². The number of ether oxygens (including phenoxy) is 4. The zero-order valence-electron chi connectivity index (χ0n) is 23.8. The van der Waals surface area contributed by atoms with Crippen molar-refractivity contribution in [2.24, 2.45) is 0 Å². The van der Waals surface area contributed by atoms with Gasteiger partial charge in [0.05, 0.1) is 5.41 Å². The van der Waals surface area contributed by atoms with Crippen molar-refractivity contribution in [2.45, 2.75) is 5.41 Å². The van der Waals surface area contributed by atoms with E-state index < -0.39 is 5.41 Å². The summed E-state index contributed by atoms with van der Waals surface area (Å²) in [6, 6.07) is 40.5. The van der Waals surface area contributed by atoms with Gasteiger partial charge < -0.3 is 18.9 Å². The Bertz CT molecular complexity index is 2270. The van der Waals surface area contributed by atoms with Crippen LogP contribution in [0, 0.1) is 24.7 Å². The fourth-order valence-corrected chi connectivity index (χ4v) is 6.83. The first-order valence-corrected chi connectivity index (χ1v) is 14.6. The average molecular weight is 579 g/mol. The fourth-order valence-electron chi connectivity index (χ4n) is 6.83. The van der Waals surface area contributed by atoms with E-state index >= 15 is 0 Å². The van der Waals surface area contributed by atoms with Crippen molar-refractivity contribution >= 4 is 0 Å². The van der Waals surface area contributed by atoms with Gasteiger partial charge >= 0.3 is 0 Å². The van der Waals surface area contributed by atoms with Crippen LogP contribution in [0.1, 0.15) is 33.4 Å². The maximum Gasteiger partial charge on any atom is 0.171 e. The predicted octanol–water partition coefficient (Wildman–Crippen LogP) is 9.81. The zero-order chi connectivity index (χ0) is 30.1. The maximum atomic E-state index is 6.45. The van der Waals surface area contributed by atoms with E-state index in [9.17, 15) is 0 Å². The van der Waals surface area contributed by atoms with Crippen LogP contribution in [-0.4, -0.2) is 0 Å². The summed E-state index contributed by atoms with van der Waals surface area (Å²) >= 11 is 0. The lowest BCUT2D eigenvalue weighted by Crippen LogP contribution is -2.28. The second-order valence-electron chi connectivity index (χ2n) is 11.2. The van der Waals surface area contributed by atoms with E-state index in [-0.39, 0.29) is 0 Å². The van der Waals surface area contributed by atoms with Crippen molar-refractivity contribution in [3.63, 3.8) is 0 Å². The van der Waals surface area contributed by atoms with Crippen molar-refractivity contribution < 1.29 is 18.9 Å². The van der Waals surface area contributed by atoms with Crippen LogP contribution < -0.4 is 18.9 Å². The van der Waals surface area contributed by atoms with Crippen molar-refractivity contribution in [2.75, 3.05) is 0 Å². The average Bonchev–Trinajstić information content (AvgIpc) is 3.40. The SMILES string of the molecule is C#Cc1ccc2c(c1)Oc1ccc(C3(c4ccc5c(c4)Oc4cc(C#C)ccc4O5)c4ccccc4-c4ccccc43)cc1O2. The van der Waals surface area contributed by atoms with Crippen LogP contribution in [-0.2, 0) is 5.41 Å². The topological polar surface area (TPSA) is 36.9 Å². The minimum absolute atomic E-state index is 0.586. The first-order chi connectivity index (χ1) is 22.1. The number of fused-ring (bicyclic) bond motifs is 7. The number of rotatable bonds is 2. The third kappa shape index (κ3) is 3.58. The van der Waals surface area contributed by atoms with Crippen LogP contribution in [0.15, 0.2) is 121 Å². The molecule has 0 atom stereocenters. The molecule has 3 aliphatic rings. The molecule has 0 bridgehead atoms. The summed E-state index contributed by atoms with van der Waals surface area (Å²) in [5.41, 5.74) is 7.48. The molecule has 0 radical (unpaired) electrons. The standard InChI is InChI=1S/C41H22O4/c1-3-25-14-18-34-37(21-25)43-36-20-16-27(23-39(36)44-34)41(31-11-7-5-9-29(31)30-10-6-8-12-32(30)41)28-15-19-35-40(24-28)45-38-22-26(4-2)13-17-33(38)42-35/h1-2,5-24H. The highest BCUT2D eigenvalue weighted by molar-refractivity contribution is 5.86. The molecule has 4 nitrogen and oxygen atoms in total. The Labute approximate surface area is 260 Å². The second-order valence-corrected chi connectivity index (χ2v) is 11.2. The van der Waals surface area contributed by atoms with E-state index in [0.717, 1.165) is 33.4 Å². The summed E-state index contributed by atoms with van der Waals surface area (Å²) in [6.07, 6.45) is 11.3. The molecule has 6 aromatic rings. The molecular weight excluding hydrogens is 556 g/mol. The largest absolute Gasteiger partial charge is 0.450 e. The molecule has 1 aliphatic carbocycles. The minimum Gasteiger partial charge on any atom is -0.450 e. The van der Waals surface area contributed by atoms with Crippen molar-refractivity contribution in [3.8, 4) is 81.8 Å². The Morgan fingerprint density at radius 2 is 0.778 bits per heavy atom. The van der Waals surface area contributed by atoms with Crippen molar-refractivity contribution in [3.05, 3.63) is 155 Å². The Morgan fingerprint density at radius 1 is 0.400 bits per heavy atom. The van der Waals surface area contributed by atoms with E-state index in [1.54, 1.807) is 0 Å². The molecule has 210 valence electrons. The Morgan fingerprint density at radius 3 is 1.24 bits per heavy atom. The van der Waals surface area contributed by atoms with Crippen LogP contribution >= 0.6 is 0 Å². The first kappa shape index (κ1) is 25.2. The van der Waals surface area contributed by atoms with Crippen molar-refractivity contribution in [1.82, 2.24) is 0 Å². The third-order valence-electron chi connectivity index (χ3n) is 8.81. The molecule has 6 aromatic carbocycles. The lowest BCUT2D eigenvalue weighted by Gasteiger charge is -2.35. The molecule has 0 saturated heterocycles. The maximum absolute atomic E-state index is 6.45. The Kier molecular flexibility index (Phi) is 5.21. The van der Waals surface area contributed by atoms with Gasteiger partial charge in [-0.1, -0.05) is 72.5 Å². The van der Waals surface area contributed by atoms with E-state index in [2.05, 4.69) is 84.6 Å². The van der Waals surface area contributed by atoms with Gasteiger partial charge in [0.25, 0.3) is 0 Å². The lowest BCUT2D eigenvalue weighted by atomic mass is 9.67. The molecule has 0 aromatic heterocycles. The summed E-state index contributed by atoms with van der Waals surface area (Å²) in [6.45, 7) is 0. The number of hydrogen-bond acceptors (Lipinski definition) is 4. The highest BCUT2D eigenvalue weighted by Crippen LogP contribution is 2.59. The van der Waals surface area contributed by atoms with Gasteiger partial charge in [-0.15, -0.1) is 12.8 Å². The summed E-state index contributed by atoms with van der Waals surface area (Å²) < 4.78 is 25.4. The molecule has 0 spiro atoms. The van der Waals surface area contributed by atoms with Gasteiger partial charge in [0.15, 0.2) is 46.0 Å². The molecule has 0 saturated carbocycles. The van der Waals surface area contributed by atoms with E-state index in [4.69, 9.17) is 31.8 Å². The second kappa shape index (κ2) is 9.32. The van der Waals surface area contributed by atoms with E-state index in [1.807, 2.05) is 48.5 Å². The fraction of sp³-hybridized carbons (Fsp3) is 0.0244. The normalized spacial score (nSPS) is 13.7. The van der Waals surface area contributed by atoms with E-state index in [1.165, 1.54) is 11.1 Å². The minimum atomic E-state index is -0.696. The Balaban J connectivity index is 1.26. The monoisotopic (exact) mass is 578 g/mol. The highest BCUT2D eigenvalue weighted by Gasteiger charge is 2.47. The van der Waals surface area contributed by atoms with Crippen LogP contribution in [0.2, 0.25) is 0 Å². The van der Waals surface area contributed by atoms with Crippen LogP contribution in [0.3, 0.4) is 0 Å². The molecular formula is C41H22O4. The molecule has 0 fully saturated rings. The smallest absolute Gasteiger partial charge is 0.171 e. The zero-order valence-corrected chi connectivity index (χ0v) is 23.8. The summed E-state index contributed by atoms with van der Waals surface area (Å²) in [7, 11) is 0. The number of hydrogen-bond donors (Lipinski definition) is 0. The molecule has 2 heterocycles. The van der Waals surface area contributed by atoms with Gasteiger partial charge in [-0.05, 0) is 81.9 Å². The van der Waals surface area contributed by atoms with Crippen LogP contribution in [0.5, 0.6) is 46.0 Å². The van der Waals surface area contributed by atoms with Gasteiger partial charge in [0, 0.05) is 23.3 Å². The first-order valence-electron chi connectivity index (χ1n) is 14.6. The summed E-state index contributed by atoms with van der Waals surface area (Å²) in [4.78, 5) is 0. The van der Waals surface area contributed by atoms with Crippen LogP contribution in [0.4, 0.5) is 0 Å². The Hall–Kier alpha value is -6.36. The van der Waals surface area contributed by atoms with Crippen molar-refractivity contribution in [1.29, 1.82) is 0 Å². The quantitative estimate of drug-likeness (QED) is 0.191. The molecule has 4 heteroatoms.